The smallest absolute Gasteiger partial charge is 0.238 e. The van der Waals surface area contributed by atoms with Crippen LogP contribution in [0.25, 0.3) is 21.7 Å². The fraction of sp³-hybridized carbons (Fsp3) is 0.0526. The maximum Gasteiger partial charge on any atom is 0.268 e. The Morgan fingerprint density at radius 2 is 1.39 bits per heavy atom. The van der Waals surface area contributed by atoms with E-state index in [0.717, 1.165) is 16.2 Å². The lowest BCUT2D eigenvalue weighted by Gasteiger charge is -2.11. The van der Waals surface area contributed by atoms with Crippen LogP contribution >= 0.6 is 0 Å². The number of benzene rings is 3. The molecule has 0 bridgehead atoms. The van der Waals surface area contributed by atoms with Crippen molar-refractivity contribution in [3.8, 4) is 0 Å². The summed E-state index contributed by atoms with van der Waals surface area (Å²) in [7, 11) is -3.63. The Balaban J connectivity index is 1.99. The lowest BCUT2D eigenvalue weighted by molar-refractivity contribution is 0.588. The fourth-order valence-electron chi connectivity index (χ4n) is 3.02. The van der Waals surface area contributed by atoms with E-state index in [9.17, 15) is 8.42 Å². The maximum atomic E-state index is 13.1. The number of aromatic nitrogens is 1. The van der Waals surface area contributed by atoms with E-state index in [4.69, 9.17) is 0 Å². The molecule has 0 aliphatic carbocycles. The Bertz CT molecular complexity index is 1140. The minimum absolute atomic E-state index is 0.306. The van der Waals surface area contributed by atoms with Crippen LogP contribution < -0.4 is 0 Å². The van der Waals surface area contributed by atoms with Crippen molar-refractivity contribution in [2.45, 2.75) is 11.8 Å². The standard InChI is InChI=1S/C19H15NO2S/c1-14-12-17-8-4-5-9-19(17)20(14)23(21,22)18-11-10-15-6-2-3-7-16(15)13-18/h2-13H,1H3. The fourth-order valence-corrected chi connectivity index (χ4v) is 4.60. The molecule has 23 heavy (non-hydrogen) atoms. The molecule has 4 heteroatoms. The van der Waals surface area contributed by atoms with Crippen LogP contribution in [-0.4, -0.2) is 12.4 Å². The zero-order valence-electron chi connectivity index (χ0n) is 12.6. The molecule has 4 rings (SSSR count). The van der Waals surface area contributed by atoms with Crippen molar-refractivity contribution in [3.63, 3.8) is 0 Å². The molecule has 1 aromatic heterocycles. The molecule has 0 N–H and O–H groups in total. The second kappa shape index (κ2) is 4.96. The molecule has 0 unspecified atom stereocenters. The summed E-state index contributed by atoms with van der Waals surface area (Å²) in [5, 5.41) is 2.87. The Hall–Kier alpha value is -2.59. The van der Waals surface area contributed by atoms with Gasteiger partial charge in [-0.25, -0.2) is 12.4 Å². The van der Waals surface area contributed by atoms with Crippen LogP contribution in [-0.2, 0) is 10.0 Å². The summed E-state index contributed by atoms with van der Waals surface area (Å²) in [4.78, 5) is 0.306. The van der Waals surface area contributed by atoms with Crippen molar-refractivity contribution in [1.82, 2.24) is 3.97 Å². The summed E-state index contributed by atoms with van der Waals surface area (Å²) >= 11 is 0. The average Bonchev–Trinajstić information content (AvgIpc) is 2.90. The van der Waals surface area contributed by atoms with Crippen molar-refractivity contribution in [3.05, 3.63) is 78.5 Å². The minimum atomic E-state index is -3.63. The molecule has 4 aromatic rings. The summed E-state index contributed by atoms with van der Waals surface area (Å²) in [6, 6.07) is 22.4. The molecule has 0 fully saturated rings. The molecule has 114 valence electrons. The molecule has 0 spiro atoms. The number of nitrogens with zero attached hydrogens (tertiary/aromatic N) is 1. The summed E-state index contributed by atoms with van der Waals surface area (Å²) in [5.41, 5.74) is 1.41. The average molecular weight is 321 g/mol. The summed E-state index contributed by atoms with van der Waals surface area (Å²) in [6.45, 7) is 1.82. The van der Waals surface area contributed by atoms with Gasteiger partial charge < -0.3 is 0 Å². The van der Waals surface area contributed by atoms with Gasteiger partial charge in [-0.15, -0.1) is 0 Å². The number of fused-ring (bicyclic) bond motifs is 2. The molecule has 0 radical (unpaired) electrons. The molecule has 0 aliphatic heterocycles. The SMILES string of the molecule is Cc1cc2ccccc2n1S(=O)(=O)c1ccc2ccccc2c1. The van der Waals surface area contributed by atoms with Crippen LogP contribution in [0.3, 0.4) is 0 Å². The quantitative estimate of drug-likeness (QED) is 0.551. The van der Waals surface area contributed by atoms with E-state index in [0.29, 0.717) is 16.1 Å². The molecule has 0 amide bonds. The maximum absolute atomic E-state index is 13.1. The highest BCUT2D eigenvalue weighted by atomic mass is 32.2. The largest absolute Gasteiger partial charge is 0.268 e. The van der Waals surface area contributed by atoms with Gasteiger partial charge in [-0.3, -0.25) is 0 Å². The molecule has 3 aromatic carbocycles. The first kappa shape index (κ1) is 14.0. The summed E-state index contributed by atoms with van der Waals surface area (Å²) in [6.07, 6.45) is 0. The van der Waals surface area contributed by atoms with E-state index in [2.05, 4.69) is 0 Å². The van der Waals surface area contributed by atoms with Gasteiger partial charge >= 0.3 is 0 Å². The van der Waals surface area contributed by atoms with Crippen LogP contribution in [0.5, 0.6) is 0 Å². The van der Waals surface area contributed by atoms with Gasteiger partial charge in [0.25, 0.3) is 10.0 Å². The van der Waals surface area contributed by atoms with E-state index in [1.807, 2.05) is 67.6 Å². The van der Waals surface area contributed by atoms with Crippen LogP contribution in [0.1, 0.15) is 5.69 Å². The van der Waals surface area contributed by atoms with Gasteiger partial charge in [-0.1, -0.05) is 48.5 Å². The lowest BCUT2D eigenvalue weighted by Crippen LogP contribution is -2.14. The van der Waals surface area contributed by atoms with Gasteiger partial charge in [0.15, 0.2) is 0 Å². The Kier molecular flexibility index (Phi) is 3.03. The van der Waals surface area contributed by atoms with Gasteiger partial charge in [-0.05, 0) is 42.0 Å². The molecule has 0 aliphatic rings. The Morgan fingerprint density at radius 3 is 2.17 bits per heavy atom. The normalized spacial score (nSPS) is 12.0. The number of aryl methyl sites for hydroxylation is 1. The molecule has 3 nitrogen and oxygen atoms in total. The van der Waals surface area contributed by atoms with E-state index >= 15 is 0 Å². The first-order valence-corrected chi connectivity index (χ1v) is 8.83. The number of rotatable bonds is 2. The molecule has 0 saturated carbocycles. The van der Waals surface area contributed by atoms with Crippen molar-refractivity contribution in [2.75, 3.05) is 0 Å². The van der Waals surface area contributed by atoms with E-state index < -0.39 is 10.0 Å². The Labute approximate surface area is 134 Å². The summed E-state index contributed by atoms with van der Waals surface area (Å²) < 4.78 is 27.7. The second-order valence-electron chi connectivity index (χ2n) is 5.62. The van der Waals surface area contributed by atoms with Gasteiger partial charge in [0, 0.05) is 11.1 Å². The first-order chi connectivity index (χ1) is 11.1. The van der Waals surface area contributed by atoms with E-state index in [1.54, 1.807) is 12.1 Å². The van der Waals surface area contributed by atoms with Crippen molar-refractivity contribution in [2.24, 2.45) is 0 Å². The second-order valence-corrected chi connectivity index (χ2v) is 7.41. The van der Waals surface area contributed by atoms with Crippen LogP contribution in [0.2, 0.25) is 0 Å². The lowest BCUT2D eigenvalue weighted by atomic mass is 10.1. The van der Waals surface area contributed by atoms with Crippen molar-refractivity contribution >= 4 is 31.7 Å². The van der Waals surface area contributed by atoms with Crippen LogP contribution in [0.15, 0.2) is 77.7 Å². The third-order valence-electron chi connectivity index (χ3n) is 4.10. The number of hydrogen-bond donors (Lipinski definition) is 0. The molecule has 0 saturated heterocycles. The van der Waals surface area contributed by atoms with Crippen LogP contribution in [0.4, 0.5) is 0 Å². The van der Waals surface area contributed by atoms with Gasteiger partial charge in [0.1, 0.15) is 0 Å². The van der Waals surface area contributed by atoms with Crippen LogP contribution in [0, 0.1) is 6.92 Å². The van der Waals surface area contributed by atoms with Gasteiger partial charge in [0.2, 0.25) is 0 Å². The zero-order valence-corrected chi connectivity index (χ0v) is 13.4. The van der Waals surface area contributed by atoms with Gasteiger partial charge in [0.05, 0.1) is 10.4 Å². The predicted octanol–water partition coefficient (Wildman–Crippen LogP) is 4.34. The zero-order chi connectivity index (χ0) is 16.0. The molecule has 1 heterocycles. The number of para-hydroxylation sites is 1. The van der Waals surface area contributed by atoms with Gasteiger partial charge in [-0.2, -0.15) is 0 Å². The van der Waals surface area contributed by atoms with Crippen molar-refractivity contribution < 1.29 is 8.42 Å². The monoisotopic (exact) mass is 321 g/mol. The predicted molar refractivity (Wildman–Crippen MR) is 93.2 cm³/mol. The number of hydrogen-bond acceptors (Lipinski definition) is 2. The first-order valence-electron chi connectivity index (χ1n) is 7.39. The molecular formula is C19H15NO2S. The highest BCUT2D eigenvalue weighted by Crippen LogP contribution is 2.27. The van der Waals surface area contributed by atoms with E-state index in [1.165, 1.54) is 3.97 Å². The third-order valence-corrected chi connectivity index (χ3v) is 5.91. The Morgan fingerprint density at radius 1 is 0.739 bits per heavy atom. The van der Waals surface area contributed by atoms with Crippen molar-refractivity contribution in [1.29, 1.82) is 0 Å². The minimum Gasteiger partial charge on any atom is -0.238 e. The third kappa shape index (κ3) is 2.14. The topological polar surface area (TPSA) is 39.1 Å². The molecule has 0 atom stereocenters. The highest BCUT2D eigenvalue weighted by Gasteiger charge is 2.21. The molecular weight excluding hydrogens is 306 g/mol. The van der Waals surface area contributed by atoms with E-state index in [-0.39, 0.29) is 0 Å². The summed E-state index contributed by atoms with van der Waals surface area (Å²) in [5.74, 6) is 0. The highest BCUT2D eigenvalue weighted by molar-refractivity contribution is 7.90.